The highest BCUT2D eigenvalue weighted by Gasteiger charge is 2.64. The molecule has 10 atom stereocenters. The second kappa shape index (κ2) is 14.5. The third kappa shape index (κ3) is 7.29. The summed E-state index contributed by atoms with van der Waals surface area (Å²) in [5.41, 5.74) is -0.577. The lowest BCUT2D eigenvalue weighted by atomic mass is 9.43. The fraction of sp³-hybridized carbons (Fsp3) is 0.969. The molecule has 0 aromatic carbocycles. The molecular formula is C32H59NO9P2. The van der Waals surface area contributed by atoms with E-state index in [9.17, 15) is 39.7 Å². The molecule has 10 nitrogen and oxygen atoms in total. The van der Waals surface area contributed by atoms with Crippen LogP contribution in [0.25, 0.3) is 0 Å². The average molecular weight is 664 g/mol. The highest BCUT2D eigenvalue weighted by molar-refractivity contribution is 7.65. The van der Waals surface area contributed by atoms with Crippen LogP contribution in [0.2, 0.25) is 0 Å². The van der Waals surface area contributed by atoms with E-state index in [1.165, 1.54) is 19.3 Å². The molecule has 4 aliphatic carbocycles. The molecule has 4 saturated carbocycles. The summed E-state index contributed by atoms with van der Waals surface area (Å²) in [6.45, 7) is 9.14. The molecule has 0 saturated heterocycles. The van der Waals surface area contributed by atoms with Gasteiger partial charge in [0.1, 0.15) is 6.10 Å². The van der Waals surface area contributed by atoms with Crippen molar-refractivity contribution in [2.24, 2.45) is 40.4 Å². The average Bonchev–Trinajstić information content (AvgIpc) is 3.32. The maximum atomic E-state index is 12.6. The summed E-state index contributed by atoms with van der Waals surface area (Å²) in [4.78, 5) is 49.9. The first-order chi connectivity index (χ1) is 20.6. The molecule has 0 spiro atoms. The number of aliphatic hydroxyl groups is 3. The number of ether oxygens (including phenoxy) is 1. The van der Waals surface area contributed by atoms with Crippen molar-refractivity contribution in [1.29, 1.82) is 0 Å². The lowest BCUT2D eigenvalue weighted by molar-refractivity contribution is -0.179. The topological polar surface area (TPSA) is 180 Å². The van der Waals surface area contributed by atoms with Gasteiger partial charge in [-0.3, -0.25) is 0 Å². The van der Waals surface area contributed by atoms with E-state index in [1.54, 1.807) is 0 Å². The maximum Gasteiger partial charge on any atom is 0.407 e. The number of fused-ring (bicyclic) bond motifs is 5. The first-order valence-electron chi connectivity index (χ1n) is 17.0. The Morgan fingerprint density at radius 1 is 0.864 bits per heavy atom. The van der Waals surface area contributed by atoms with Gasteiger partial charge in [-0.05, 0) is 118 Å². The van der Waals surface area contributed by atoms with Crippen LogP contribution in [0.1, 0.15) is 124 Å². The van der Waals surface area contributed by atoms with Gasteiger partial charge in [-0.25, -0.2) is 4.79 Å². The van der Waals surface area contributed by atoms with E-state index < -0.39 is 39.6 Å². The Kier molecular flexibility index (Phi) is 12.1. The van der Waals surface area contributed by atoms with Crippen molar-refractivity contribution in [3.8, 4) is 0 Å². The second-order valence-electron chi connectivity index (χ2n) is 15.3. The first kappa shape index (κ1) is 36.7. The minimum Gasteiger partial charge on any atom is -0.446 e. The van der Waals surface area contributed by atoms with Crippen LogP contribution in [0.15, 0.2) is 0 Å². The molecule has 7 unspecified atom stereocenters. The van der Waals surface area contributed by atoms with Crippen molar-refractivity contribution < 1.29 is 44.4 Å². The molecule has 1 amide bonds. The summed E-state index contributed by atoms with van der Waals surface area (Å²) in [6.07, 6.45) is 11.4. The Balaban J connectivity index is 1.32. The van der Waals surface area contributed by atoms with E-state index in [0.29, 0.717) is 30.1 Å². The number of alkyl carbamates (subject to hydrolysis) is 1. The van der Waals surface area contributed by atoms with Gasteiger partial charge in [0, 0.05) is 6.54 Å². The Labute approximate surface area is 266 Å². The number of nitrogens with one attached hydrogen (secondary N) is 1. The molecule has 0 bridgehead atoms. The fourth-order valence-corrected chi connectivity index (χ4v) is 11.8. The summed E-state index contributed by atoms with van der Waals surface area (Å²) in [5, 5.41) is 33.6. The second-order valence-corrected chi connectivity index (χ2v) is 18.3. The molecule has 4 rings (SSSR count). The molecule has 0 heterocycles. The first-order valence-corrected chi connectivity index (χ1v) is 19.5. The van der Waals surface area contributed by atoms with Crippen LogP contribution >= 0.6 is 16.8 Å². The Hall–Kier alpha value is -0.150. The van der Waals surface area contributed by atoms with Gasteiger partial charge in [0.05, 0.1) is 11.7 Å². The molecule has 0 aromatic heterocycles. The fourth-order valence-electron chi connectivity index (χ4n) is 10.5. The number of aliphatic hydroxyl groups excluding tert-OH is 1. The predicted octanol–water partition coefficient (Wildman–Crippen LogP) is 5.45. The van der Waals surface area contributed by atoms with Crippen LogP contribution < -0.4 is 5.32 Å². The van der Waals surface area contributed by atoms with Crippen molar-refractivity contribution in [2.45, 2.75) is 147 Å². The summed E-state index contributed by atoms with van der Waals surface area (Å²) in [5.74, 6) is 1.83. The molecule has 44 heavy (non-hydrogen) atoms. The maximum absolute atomic E-state index is 12.6. The zero-order valence-corrected chi connectivity index (χ0v) is 29.0. The summed E-state index contributed by atoms with van der Waals surface area (Å²) in [7, 11) is -5.93. The number of hydrogen-bond donors (Lipinski definition) is 8. The van der Waals surface area contributed by atoms with Gasteiger partial charge in [0.25, 0.3) is 0 Å². The van der Waals surface area contributed by atoms with Crippen LogP contribution in [-0.4, -0.2) is 70.4 Å². The van der Waals surface area contributed by atoms with Crippen molar-refractivity contribution in [3.63, 3.8) is 0 Å². The zero-order chi connectivity index (χ0) is 32.5. The number of rotatable bonds is 13. The summed E-state index contributed by atoms with van der Waals surface area (Å²) < 4.78 is 5.74. The van der Waals surface area contributed by atoms with E-state index >= 15 is 0 Å². The molecule has 0 aliphatic heterocycles. The van der Waals surface area contributed by atoms with E-state index in [2.05, 4.69) is 33.0 Å². The largest absolute Gasteiger partial charge is 0.446 e. The van der Waals surface area contributed by atoms with E-state index in [4.69, 9.17) is 4.74 Å². The standard InChI is InChI=1S/C32H59NO9P2/c1-5-6-7-8-14-31(4,36)27-11-10-23-22-20-26(34)25-19-21(12-16-29(25,2)24(22)13-17-30(23,27)3)42-28(35)33-18-9-15-32(37,43(38)39)44(40)41/h21-27,34,36-41H,5-20H2,1-4H3,(H,33,35)/t21?,22?,23?,24-,25?,26-,27?,29?,30?,31-/m0/s1. The van der Waals surface area contributed by atoms with Crippen LogP contribution in [0, 0.1) is 40.4 Å². The van der Waals surface area contributed by atoms with Gasteiger partial charge in [0.15, 0.2) is 0 Å². The lowest BCUT2D eigenvalue weighted by Gasteiger charge is -2.62. The highest BCUT2D eigenvalue weighted by Crippen LogP contribution is 2.69. The lowest BCUT2D eigenvalue weighted by Crippen LogP contribution is -2.59. The van der Waals surface area contributed by atoms with Crippen molar-refractivity contribution >= 4 is 22.8 Å². The van der Waals surface area contributed by atoms with Gasteiger partial charge < -0.3 is 44.9 Å². The molecule has 4 fully saturated rings. The number of amides is 1. The molecular weight excluding hydrogens is 604 g/mol. The monoisotopic (exact) mass is 663 g/mol. The van der Waals surface area contributed by atoms with Crippen LogP contribution in [-0.2, 0) is 4.74 Å². The predicted molar refractivity (Wildman–Crippen MR) is 171 cm³/mol. The minimum absolute atomic E-state index is 0.0227. The van der Waals surface area contributed by atoms with Gasteiger partial charge in [-0.1, -0.05) is 46.5 Å². The molecule has 256 valence electrons. The Bertz CT molecular complexity index is 962. The van der Waals surface area contributed by atoms with Crippen LogP contribution in [0.4, 0.5) is 4.79 Å². The third-order valence-corrected chi connectivity index (χ3v) is 15.6. The van der Waals surface area contributed by atoms with Crippen molar-refractivity contribution in [1.82, 2.24) is 5.32 Å². The quantitative estimate of drug-likeness (QED) is 0.0939. The van der Waals surface area contributed by atoms with E-state index in [-0.39, 0.29) is 42.2 Å². The Morgan fingerprint density at radius 3 is 2.18 bits per heavy atom. The van der Waals surface area contributed by atoms with Gasteiger partial charge in [-0.15, -0.1) is 0 Å². The van der Waals surface area contributed by atoms with Crippen molar-refractivity contribution in [2.75, 3.05) is 6.54 Å². The van der Waals surface area contributed by atoms with Crippen LogP contribution in [0.3, 0.4) is 0 Å². The Morgan fingerprint density at radius 2 is 1.52 bits per heavy atom. The van der Waals surface area contributed by atoms with Gasteiger partial charge >= 0.3 is 6.09 Å². The molecule has 12 heteroatoms. The molecule has 0 radical (unpaired) electrons. The summed E-state index contributed by atoms with van der Waals surface area (Å²) >= 11 is 0. The molecule has 8 N–H and O–H groups in total. The zero-order valence-electron chi connectivity index (χ0n) is 27.2. The van der Waals surface area contributed by atoms with E-state index in [1.807, 2.05) is 0 Å². The smallest absolute Gasteiger partial charge is 0.407 e. The van der Waals surface area contributed by atoms with Crippen molar-refractivity contribution in [3.05, 3.63) is 0 Å². The number of carbonyl (C=O) groups is 1. The third-order valence-electron chi connectivity index (χ3n) is 12.8. The highest BCUT2D eigenvalue weighted by atomic mass is 31.2. The van der Waals surface area contributed by atoms with Crippen LogP contribution in [0.5, 0.6) is 0 Å². The van der Waals surface area contributed by atoms with E-state index in [0.717, 1.165) is 57.8 Å². The number of unbranched alkanes of at least 4 members (excludes halogenated alkanes) is 3. The van der Waals surface area contributed by atoms with Gasteiger partial charge in [-0.2, -0.15) is 0 Å². The molecule has 0 aromatic rings. The number of carbonyl (C=O) groups excluding carboxylic acids is 1. The SMILES string of the molecule is CCCCCC[C@](C)(O)C1CCC2C3C[C@H](O)C4CC(OC(=O)NCCCC(O)(P(O)O)P(O)O)CCC4(C)[C@H]3CCC21C. The number of hydrogen-bond acceptors (Lipinski definition) is 9. The minimum atomic E-state index is -2.97. The van der Waals surface area contributed by atoms with Gasteiger partial charge in [0.2, 0.25) is 21.8 Å². The molecule has 4 aliphatic rings. The summed E-state index contributed by atoms with van der Waals surface area (Å²) in [6, 6.07) is 0. The normalized spacial score (nSPS) is 38.5.